The van der Waals surface area contributed by atoms with Crippen LogP contribution in [0.4, 0.5) is 0 Å². The fourth-order valence-corrected chi connectivity index (χ4v) is 4.09. The number of carbonyl (C=O) groups excluding carboxylic acids is 1. The lowest BCUT2D eigenvalue weighted by Crippen LogP contribution is -2.42. The van der Waals surface area contributed by atoms with Gasteiger partial charge in [0.25, 0.3) is 0 Å². The maximum absolute atomic E-state index is 12.0. The van der Waals surface area contributed by atoms with Gasteiger partial charge in [-0.15, -0.1) is 0 Å². The molecule has 0 aromatic heterocycles. The molecule has 1 N–H and O–H groups in total. The van der Waals surface area contributed by atoms with E-state index in [2.05, 4.69) is 41.4 Å². The second kappa shape index (κ2) is 8.79. The first kappa shape index (κ1) is 18.4. The molecule has 5 nitrogen and oxygen atoms in total. The molecule has 0 radical (unpaired) electrons. The number of amides is 1. The molecular weight excluding hydrogens is 316 g/mol. The summed E-state index contributed by atoms with van der Waals surface area (Å²) in [7, 11) is 1.64. The van der Waals surface area contributed by atoms with E-state index in [1.165, 1.54) is 11.1 Å². The number of likely N-dealkylation sites (tertiary alicyclic amines) is 1. The van der Waals surface area contributed by atoms with Gasteiger partial charge < -0.3 is 14.8 Å². The number of hydrogen-bond acceptors (Lipinski definition) is 4. The minimum atomic E-state index is 0.0741. The highest BCUT2D eigenvalue weighted by atomic mass is 16.5. The molecule has 2 fully saturated rings. The number of nitrogens with zero attached hydrogens (tertiary/aromatic N) is 1. The van der Waals surface area contributed by atoms with Gasteiger partial charge in [0.1, 0.15) is 0 Å². The molecule has 5 heteroatoms. The molecule has 2 aliphatic heterocycles. The van der Waals surface area contributed by atoms with Crippen LogP contribution in [-0.4, -0.2) is 56.9 Å². The zero-order chi connectivity index (χ0) is 17.6. The Hall–Kier alpha value is -1.43. The third kappa shape index (κ3) is 4.81. The highest BCUT2D eigenvalue weighted by Gasteiger charge is 2.41. The van der Waals surface area contributed by atoms with Crippen LogP contribution in [0.25, 0.3) is 0 Å². The molecule has 1 aromatic carbocycles. The average Bonchev–Trinajstić information content (AvgIpc) is 2.99. The highest BCUT2D eigenvalue weighted by Crippen LogP contribution is 2.36. The van der Waals surface area contributed by atoms with Gasteiger partial charge in [0.05, 0.1) is 25.7 Å². The van der Waals surface area contributed by atoms with Crippen molar-refractivity contribution in [1.82, 2.24) is 10.2 Å². The number of piperidine rings is 1. The number of hydrogen-bond donors (Lipinski definition) is 1. The minimum absolute atomic E-state index is 0.0741. The number of methoxy groups -OCH3 is 1. The minimum Gasteiger partial charge on any atom is -0.383 e. The molecule has 3 rings (SSSR count). The Morgan fingerprint density at radius 1 is 1.40 bits per heavy atom. The quantitative estimate of drug-likeness (QED) is 0.767. The van der Waals surface area contributed by atoms with Crippen LogP contribution in [0.1, 0.15) is 24.0 Å². The second-order valence-electron chi connectivity index (χ2n) is 7.29. The first-order valence-electron chi connectivity index (χ1n) is 9.31. The van der Waals surface area contributed by atoms with Crippen LogP contribution in [0.15, 0.2) is 24.3 Å². The van der Waals surface area contributed by atoms with Gasteiger partial charge in [-0.3, -0.25) is 9.69 Å². The molecular formula is C20H30N2O3. The summed E-state index contributed by atoms with van der Waals surface area (Å²) >= 11 is 0. The van der Waals surface area contributed by atoms with Gasteiger partial charge in [0.15, 0.2) is 0 Å². The molecule has 1 aromatic rings. The monoisotopic (exact) mass is 346 g/mol. The van der Waals surface area contributed by atoms with Crippen molar-refractivity contribution in [2.75, 3.05) is 40.0 Å². The standard InChI is InChI=1S/C20H30N2O3/c1-15-5-3-4-6-16(15)12-22-9-7-18-17(13-22)14-25-19(18)11-20(23)21-8-10-24-2/h3-6,17-19H,7-14H2,1-2H3,(H,21,23)/t17-,18-,19-/m1/s1. The van der Waals surface area contributed by atoms with Gasteiger partial charge in [-0.2, -0.15) is 0 Å². The van der Waals surface area contributed by atoms with E-state index >= 15 is 0 Å². The van der Waals surface area contributed by atoms with E-state index < -0.39 is 0 Å². The van der Waals surface area contributed by atoms with Crippen LogP contribution >= 0.6 is 0 Å². The number of fused-ring (bicyclic) bond motifs is 1. The molecule has 0 bridgehead atoms. The SMILES string of the molecule is COCCNC(=O)C[C@H]1OC[C@H]2CN(Cc3ccccc3C)CC[C@H]21. The predicted molar refractivity (Wildman–Crippen MR) is 97.3 cm³/mol. The second-order valence-corrected chi connectivity index (χ2v) is 7.29. The number of rotatable bonds is 7. The van der Waals surface area contributed by atoms with Gasteiger partial charge in [0, 0.05) is 32.7 Å². The number of carbonyl (C=O) groups is 1. The topological polar surface area (TPSA) is 50.8 Å². The fourth-order valence-electron chi connectivity index (χ4n) is 4.09. The Morgan fingerprint density at radius 2 is 2.24 bits per heavy atom. The van der Waals surface area contributed by atoms with Crippen LogP contribution in [0.5, 0.6) is 0 Å². The normalized spacial score (nSPS) is 26.4. The van der Waals surface area contributed by atoms with E-state index in [9.17, 15) is 4.79 Å². The van der Waals surface area contributed by atoms with Crippen molar-refractivity contribution in [3.63, 3.8) is 0 Å². The maximum atomic E-state index is 12.0. The Bertz CT molecular complexity index is 578. The third-order valence-corrected chi connectivity index (χ3v) is 5.55. The maximum Gasteiger partial charge on any atom is 0.222 e. The van der Waals surface area contributed by atoms with E-state index in [-0.39, 0.29) is 12.0 Å². The number of aryl methyl sites for hydroxylation is 1. The van der Waals surface area contributed by atoms with Crippen LogP contribution in [0.2, 0.25) is 0 Å². The van der Waals surface area contributed by atoms with E-state index in [0.29, 0.717) is 31.4 Å². The smallest absolute Gasteiger partial charge is 0.222 e. The van der Waals surface area contributed by atoms with Gasteiger partial charge in [-0.05, 0) is 36.9 Å². The van der Waals surface area contributed by atoms with Gasteiger partial charge in [-0.1, -0.05) is 24.3 Å². The number of benzene rings is 1. The summed E-state index contributed by atoms with van der Waals surface area (Å²) in [4.78, 5) is 14.6. The Morgan fingerprint density at radius 3 is 3.04 bits per heavy atom. The molecule has 0 spiro atoms. The lowest BCUT2D eigenvalue weighted by atomic mass is 9.83. The Balaban J connectivity index is 1.48. The Labute approximate surface area is 150 Å². The van der Waals surface area contributed by atoms with Crippen LogP contribution in [0, 0.1) is 18.8 Å². The summed E-state index contributed by atoms with van der Waals surface area (Å²) in [6, 6.07) is 8.61. The molecule has 2 heterocycles. The summed E-state index contributed by atoms with van der Waals surface area (Å²) in [6.45, 7) is 7.25. The van der Waals surface area contributed by atoms with Crippen molar-refractivity contribution >= 4 is 5.91 Å². The molecule has 2 saturated heterocycles. The van der Waals surface area contributed by atoms with E-state index in [1.54, 1.807) is 7.11 Å². The molecule has 2 aliphatic rings. The van der Waals surface area contributed by atoms with Crippen molar-refractivity contribution in [1.29, 1.82) is 0 Å². The lowest BCUT2D eigenvalue weighted by Gasteiger charge is -2.35. The van der Waals surface area contributed by atoms with E-state index in [1.807, 2.05) is 0 Å². The molecule has 0 unspecified atom stereocenters. The summed E-state index contributed by atoms with van der Waals surface area (Å²) in [5, 5.41) is 2.90. The van der Waals surface area contributed by atoms with Crippen molar-refractivity contribution in [2.24, 2.45) is 11.8 Å². The van der Waals surface area contributed by atoms with Crippen molar-refractivity contribution in [2.45, 2.75) is 32.4 Å². The average molecular weight is 346 g/mol. The van der Waals surface area contributed by atoms with E-state index in [4.69, 9.17) is 9.47 Å². The Kier molecular flexibility index (Phi) is 6.45. The third-order valence-electron chi connectivity index (χ3n) is 5.55. The summed E-state index contributed by atoms with van der Waals surface area (Å²) in [5.41, 5.74) is 2.77. The van der Waals surface area contributed by atoms with Gasteiger partial charge in [-0.25, -0.2) is 0 Å². The molecule has 1 amide bonds. The van der Waals surface area contributed by atoms with Crippen molar-refractivity contribution in [3.8, 4) is 0 Å². The van der Waals surface area contributed by atoms with E-state index in [0.717, 1.165) is 32.7 Å². The lowest BCUT2D eigenvalue weighted by molar-refractivity contribution is -0.124. The van der Waals surface area contributed by atoms with Crippen LogP contribution < -0.4 is 5.32 Å². The zero-order valence-corrected chi connectivity index (χ0v) is 15.4. The predicted octanol–water partition coefficient (Wildman–Crippen LogP) is 1.98. The molecule has 3 atom stereocenters. The number of ether oxygens (including phenoxy) is 2. The van der Waals surface area contributed by atoms with Crippen molar-refractivity contribution < 1.29 is 14.3 Å². The first-order chi connectivity index (χ1) is 12.2. The van der Waals surface area contributed by atoms with Crippen LogP contribution in [0.3, 0.4) is 0 Å². The molecule has 138 valence electrons. The largest absolute Gasteiger partial charge is 0.383 e. The molecule has 25 heavy (non-hydrogen) atoms. The molecule has 0 saturated carbocycles. The zero-order valence-electron chi connectivity index (χ0n) is 15.4. The summed E-state index contributed by atoms with van der Waals surface area (Å²) in [5.74, 6) is 1.14. The first-order valence-corrected chi connectivity index (χ1v) is 9.31. The summed E-state index contributed by atoms with van der Waals surface area (Å²) in [6.07, 6.45) is 1.67. The summed E-state index contributed by atoms with van der Waals surface area (Å²) < 4.78 is 10.9. The van der Waals surface area contributed by atoms with Crippen molar-refractivity contribution in [3.05, 3.63) is 35.4 Å². The van der Waals surface area contributed by atoms with Gasteiger partial charge >= 0.3 is 0 Å². The number of nitrogens with one attached hydrogen (secondary N) is 1. The highest BCUT2D eigenvalue weighted by molar-refractivity contribution is 5.76. The fraction of sp³-hybridized carbons (Fsp3) is 0.650. The van der Waals surface area contributed by atoms with Crippen LogP contribution in [-0.2, 0) is 20.8 Å². The molecule has 0 aliphatic carbocycles. The van der Waals surface area contributed by atoms with Gasteiger partial charge in [0.2, 0.25) is 5.91 Å².